The lowest BCUT2D eigenvalue weighted by molar-refractivity contribution is -0.139. The summed E-state index contributed by atoms with van der Waals surface area (Å²) >= 11 is 0. The third-order valence-corrected chi connectivity index (χ3v) is 4.36. The van der Waals surface area contributed by atoms with Crippen molar-refractivity contribution in [1.29, 1.82) is 0 Å². The van der Waals surface area contributed by atoms with Crippen LogP contribution in [0.3, 0.4) is 0 Å². The van der Waals surface area contributed by atoms with Crippen molar-refractivity contribution in [2.75, 3.05) is 13.1 Å². The Balaban J connectivity index is 2.74. The molecule has 0 saturated carbocycles. The van der Waals surface area contributed by atoms with Crippen molar-refractivity contribution in [3.63, 3.8) is 0 Å². The number of amidine groups is 1. The van der Waals surface area contributed by atoms with Crippen LogP contribution in [-0.4, -0.2) is 46.1 Å². The Morgan fingerprint density at radius 2 is 2.05 bits per heavy atom. The van der Waals surface area contributed by atoms with Gasteiger partial charge in [0.05, 0.1) is 6.10 Å². The lowest BCUT2D eigenvalue weighted by Crippen LogP contribution is -2.52. The number of oxime groups is 1. The number of aliphatic hydroxyl groups is 1. The fraction of sp³-hybridized carbons (Fsp3) is 0.846. The number of amides is 1. The Morgan fingerprint density at radius 3 is 2.42 bits per heavy atom. The second-order valence-corrected chi connectivity index (χ2v) is 5.54. The van der Waals surface area contributed by atoms with Crippen molar-refractivity contribution in [3.05, 3.63) is 0 Å². The first-order valence-corrected chi connectivity index (χ1v) is 6.82. The highest BCUT2D eigenvalue weighted by Gasteiger charge is 2.40. The highest BCUT2D eigenvalue weighted by Crippen LogP contribution is 2.28. The summed E-state index contributed by atoms with van der Waals surface area (Å²) in [4.78, 5) is 14.3. The molecule has 6 heteroatoms. The fourth-order valence-corrected chi connectivity index (χ4v) is 2.49. The molecular formula is C13H25N3O3. The van der Waals surface area contributed by atoms with Gasteiger partial charge in [-0.2, -0.15) is 0 Å². The molecule has 1 aliphatic heterocycles. The summed E-state index contributed by atoms with van der Waals surface area (Å²) in [6, 6.07) is 0. The minimum absolute atomic E-state index is 0.0438. The van der Waals surface area contributed by atoms with E-state index in [0.717, 1.165) is 12.8 Å². The highest BCUT2D eigenvalue weighted by molar-refractivity contribution is 6.06. The second-order valence-electron chi connectivity index (χ2n) is 5.54. The molecule has 110 valence electrons. The van der Waals surface area contributed by atoms with Crippen molar-refractivity contribution >= 4 is 11.7 Å². The maximum atomic E-state index is 12.5. The molecule has 1 heterocycles. The van der Waals surface area contributed by atoms with Crippen molar-refractivity contribution < 1.29 is 15.1 Å². The molecule has 1 aliphatic rings. The summed E-state index contributed by atoms with van der Waals surface area (Å²) in [5.74, 6) is 0.104. The Morgan fingerprint density at radius 1 is 1.53 bits per heavy atom. The van der Waals surface area contributed by atoms with Crippen LogP contribution in [0.2, 0.25) is 0 Å². The Bertz CT molecular complexity index is 349. The summed E-state index contributed by atoms with van der Waals surface area (Å²) in [6.07, 6.45) is 1.73. The van der Waals surface area contributed by atoms with E-state index < -0.39 is 5.41 Å². The van der Waals surface area contributed by atoms with E-state index in [-0.39, 0.29) is 23.8 Å². The quantitative estimate of drug-likeness (QED) is 0.304. The molecule has 0 aliphatic carbocycles. The zero-order valence-corrected chi connectivity index (χ0v) is 12.0. The number of carbonyl (C=O) groups is 1. The average Bonchev–Trinajstić information content (AvgIpc) is 2.44. The molecule has 0 aromatic carbocycles. The molecule has 0 aromatic rings. The maximum absolute atomic E-state index is 12.5. The zero-order valence-electron chi connectivity index (χ0n) is 12.0. The normalized spacial score (nSPS) is 22.9. The van der Waals surface area contributed by atoms with E-state index in [1.54, 1.807) is 18.7 Å². The van der Waals surface area contributed by atoms with Gasteiger partial charge in [-0.15, -0.1) is 0 Å². The van der Waals surface area contributed by atoms with E-state index in [1.165, 1.54) is 0 Å². The molecule has 0 aromatic heterocycles. The molecule has 19 heavy (non-hydrogen) atoms. The maximum Gasteiger partial charge on any atom is 0.236 e. The number of aliphatic hydroxyl groups excluding tert-OH is 1. The van der Waals surface area contributed by atoms with Gasteiger partial charge >= 0.3 is 0 Å². The van der Waals surface area contributed by atoms with Crippen LogP contribution in [0, 0.1) is 11.3 Å². The van der Waals surface area contributed by atoms with Crippen LogP contribution < -0.4 is 5.73 Å². The van der Waals surface area contributed by atoms with Crippen molar-refractivity contribution in [3.8, 4) is 0 Å². The molecule has 1 amide bonds. The summed E-state index contributed by atoms with van der Waals surface area (Å²) in [5.41, 5.74) is 4.71. The molecule has 4 N–H and O–H groups in total. The van der Waals surface area contributed by atoms with Gasteiger partial charge in [0.2, 0.25) is 5.91 Å². The topological polar surface area (TPSA) is 99.2 Å². The molecule has 6 nitrogen and oxygen atoms in total. The van der Waals surface area contributed by atoms with Crippen LogP contribution in [0.25, 0.3) is 0 Å². The van der Waals surface area contributed by atoms with Gasteiger partial charge in [-0.05, 0) is 39.0 Å². The standard InChI is InChI=1S/C13H25N3O3/c1-4-13(3,11(14)15-19)12(18)16-7-5-10(6-8-16)9(2)17/h9-10,17,19H,4-8H2,1-3H3,(H2,14,15). The van der Waals surface area contributed by atoms with E-state index in [2.05, 4.69) is 5.16 Å². The number of hydrogen-bond acceptors (Lipinski definition) is 4. The van der Waals surface area contributed by atoms with E-state index in [4.69, 9.17) is 10.9 Å². The van der Waals surface area contributed by atoms with Gasteiger partial charge < -0.3 is 20.9 Å². The molecule has 0 spiro atoms. The van der Waals surface area contributed by atoms with Crippen LogP contribution >= 0.6 is 0 Å². The van der Waals surface area contributed by atoms with E-state index in [9.17, 15) is 9.90 Å². The smallest absolute Gasteiger partial charge is 0.236 e. The lowest BCUT2D eigenvalue weighted by Gasteiger charge is -2.38. The third kappa shape index (κ3) is 3.18. The number of rotatable bonds is 4. The predicted octanol–water partition coefficient (Wildman–Crippen LogP) is 0.769. The summed E-state index contributed by atoms with van der Waals surface area (Å²) in [6.45, 7) is 6.56. The first-order chi connectivity index (χ1) is 8.86. The molecular weight excluding hydrogens is 246 g/mol. The van der Waals surface area contributed by atoms with Gasteiger partial charge in [0, 0.05) is 13.1 Å². The Labute approximate surface area is 114 Å². The van der Waals surface area contributed by atoms with Gasteiger partial charge in [0.1, 0.15) is 5.41 Å². The van der Waals surface area contributed by atoms with Crippen molar-refractivity contribution in [2.45, 2.75) is 46.1 Å². The van der Waals surface area contributed by atoms with Gasteiger partial charge in [-0.25, -0.2) is 0 Å². The largest absolute Gasteiger partial charge is 0.409 e. The van der Waals surface area contributed by atoms with Gasteiger partial charge in [0.25, 0.3) is 0 Å². The average molecular weight is 271 g/mol. The molecule has 1 fully saturated rings. The Kier molecular flexibility index (Phi) is 5.17. The fourth-order valence-electron chi connectivity index (χ4n) is 2.49. The zero-order chi connectivity index (χ0) is 14.6. The van der Waals surface area contributed by atoms with Crippen LogP contribution in [0.5, 0.6) is 0 Å². The van der Waals surface area contributed by atoms with Crippen LogP contribution in [-0.2, 0) is 4.79 Å². The monoisotopic (exact) mass is 271 g/mol. The molecule has 2 atom stereocenters. The molecule has 0 bridgehead atoms. The first-order valence-electron chi connectivity index (χ1n) is 6.82. The van der Waals surface area contributed by atoms with E-state index in [0.29, 0.717) is 19.5 Å². The molecule has 2 unspecified atom stereocenters. The number of hydrogen-bond donors (Lipinski definition) is 3. The number of nitrogens with zero attached hydrogens (tertiary/aromatic N) is 2. The number of carbonyl (C=O) groups excluding carboxylic acids is 1. The minimum Gasteiger partial charge on any atom is -0.409 e. The van der Waals surface area contributed by atoms with Crippen LogP contribution in [0.4, 0.5) is 0 Å². The SMILES string of the molecule is CCC(C)(C(=O)N1CCC(C(C)O)CC1)C(N)=NO. The first kappa shape index (κ1) is 15.8. The minimum atomic E-state index is -0.952. The lowest BCUT2D eigenvalue weighted by atomic mass is 9.83. The highest BCUT2D eigenvalue weighted by atomic mass is 16.4. The van der Waals surface area contributed by atoms with Gasteiger partial charge in [-0.3, -0.25) is 4.79 Å². The van der Waals surface area contributed by atoms with Crippen molar-refractivity contribution in [1.82, 2.24) is 4.90 Å². The number of nitrogens with two attached hydrogens (primary N) is 1. The van der Waals surface area contributed by atoms with Gasteiger partial charge in [-0.1, -0.05) is 12.1 Å². The summed E-state index contributed by atoms with van der Waals surface area (Å²) in [5, 5.41) is 21.4. The number of likely N-dealkylation sites (tertiary alicyclic amines) is 1. The molecule has 0 radical (unpaired) electrons. The molecule has 1 rings (SSSR count). The second kappa shape index (κ2) is 6.23. The van der Waals surface area contributed by atoms with Crippen LogP contribution in [0.15, 0.2) is 5.16 Å². The third-order valence-electron chi connectivity index (χ3n) is 4.36. The van der Waals surface area contributed by atoms with Gasteiger partial charge in [0.15, 0.2) is 5.84 Å². The number of piperidine rings is 1. The summed E-state index contributed by atoms with van der Waals surface area (Å²) < 4.78 is 0. The predicted molar refractivity (Wildman–Crippen MR) is 72.8 cm³/mol. The van der Waals surface area contributed by atoms with E-state index in [1.807, 2.05) is 6.92 Å². The van der Waals surface area contributed by atoms with E-state index >= 15 is 0 Å². The summed E-state index contributed by atoms with van der Waals surface area (Å²) in [7, 11) is 0. The Hall–Kier alpha value is -1.30. The van der Waals surface area contributed by atoms with Crippen molar-refractivity contribution in [2.24, 2.45) is 22.2 Å². The van der Waals surface area contributed by atoms with Crippen LogP contribution in [0.1, 0.15) is 40.0 Å². The molecule has 1 saturated heterocycles.